The van der Waals surface area contributed by atoms with Gasteiger partial charge in [0.05, 0.1) is 13.2 Å². The average molecular weight is 848 g/mol. The fourth-order valence-electron chi connectivity index (χ4n) is 5.19. The van der Waals surface area contributed by atoms with Crippen molar-refractivity contribution >= 4 is 31.5 Å². The number of esters is 2. The Bertz CT molecular complexity index is 1380. The number of phosphoric acid groups is 1. The smallest absolute Gasteiger partial charge is 0.472 e. The highest BCUT2D eigenvalue weighted by atomic mass is 31.2. The molecule has 0 bridgehead atoms. The van der Waals surface area contributed by atoms with Crippen molar-refractivity contribution in [1.82, 2.24) is 0 Å². The molecular weight excluding hydrogens is 773 g/mol. The zero-order valence-electron chi connectivity index (χ0n) is 35.8. The second kappa shape index (κ2) is 39.8. The molecule has 3 atom stereocenters. The van der Waals surface area contributed by atoms with Crippen LogP contribution in [0.1, 0.15) is 149 Å². The lowest BCUT2D eigenvalue weighted by Crippen LogP contribution is -2.34. The van der Waals surface area contributed by atoms with Crippen LogP contribution in [0.4, 0.5) is 0 Å². The summed E-state index contributed by atoms with van der Waals surface area (Å²) in [5.74, 6) is -2.36. The molecule has 0 fully saturated rings. The van der Waals surface area contributed by atoms with Crippen LogP contribution >= 0.6 is 7.82 Å². The molecule has 13 heteroatoms. The molecule has 0 saturated heterocycles. The maximum absolute atomic E-state index is 12.6. The van der Waals surface area contributed by atoms with E-state index in [9.17, 15) is 28.6 Å². The Labute approximate surface area is 354 Å². The molecule has 334 valence electrons. The largest absolute Gasteiger partial charge is 0.480 e. The monoisotopic (exact) mass is 847 g/mol. The molecule has 0 spiro atoms. The Morgan fingerprint density at radius 3 is 1.71 bits per heavy atom. The molecule has 0 aromatic rings. The number of rotatable bonds is 39. The van der Waals surface area contributed by atoms with Gasteiger partial charge in [0, 0.05) is 19.3 Å². The minimum atomic E-state index is -4.75. The van der Waals surface area contributed by atoms with E-state index in [-0.39, 0.29) is 18.6 Å². The van der Waals surface area contributed by atoms with E-state index in [1.54, 1.807) is 12.2 Å². The number of hydrogen-bond donors (Lipinski definition) is 3. The van der Waals surface area contributed by atoms with Crippen molar-refractivity contribution < 1.29 is 52.3 Å². The van der Waals surface area contributed by atoms with Gasteiger partial charge in [-0.15, -0.1) is 0 Å². The zero-order valence-corrected chi connectivity index (χ0v) is 36.7. The number of unbranched alkanes of at least 4 members (excludes halogenated alkanes) is 10. The van der Waals surface area contributed by atoms with Gasteiger partial charge in [-0.05, 0) is 83.1 Å². The Morgan fingerprint density at radius 2 is 1.10 bits per heavy atom. The first-order chi connectivity index (χ1) is 28.5. The highest BCUT2D eigenvalue weighted by molar-refractivity contribution is 7.47. The van der Waals surface area contributed by atoms with Gasteiger partial charge in [0.2, 0.25) is 0 Å². The maximum Gasteiger partial charge on any atom is 0.472 e. The van der Waals surface area contributed by atoms with Crippen LogP contribution in [-0.2, 0) is 42.3 Å². The molecule has 0 saturated carbocycles. The molecule has 0 aliphatic rings. The normalized spacial score (nSPS) is 14.4. The minimum absolute atomic E-state index is 0.0973. The van der Waals surface area contributed by atoms with Gasteiger partial charge in [-0.25, -0.2) is 4.57 Å². The Kier molecular flexibility index (Phi) is 37.3. The van der Waals surface area contributed by atoms with Gasteiger partial charge in [-0.2, -0.15) is 0 Å². The predicted molar refractivity (Wildman–Crippen MR) is 235 cm³/mol. The van der Waals surface area contributed by atoms with Gasteiger partial charge < -0.3 is 25.2 Å². The molecule has 1 unspecified atom stereocenters. The first-order valence-electron chi connectivity index (χ1n) is 21.6. The van der Waals surface area contributed by atoms with Crippen LogP contribution < -0.4 is 5.73 Å². The second-order valence-corrected chi connectivity index (χ2v) is 15.6. The topological polar surface area (TPSA) is 189 Å². The lowest BCUT2D eigenvalue weighted by molar-refractivity contribution is -0.161. The molecular formula is C46H74NO11P. The molecule has 0 amide bonds. The third-order valence-corrected chi connectivity index (χ3v) is 9.55. The quantitative estimate of drug-likeness (QED) is 0.0133. The Morgan fingerprint density at radius 1 is 0.593 bits per heavy atom. The molecule has 4 N–H and O–H groups in total. The molecule has 0 aromatic carbocycles. The third-order valence-electron chi connectivity index (χ3n) is 8.60. The number of ketones is 1. The van der Waals surface area contributed by atoms with E-state index in [1.807, 2.05) is 12.2 Å². The van der Waals surface area contributed by atoms with Gasteiger partial charge in [0.1, 0.15) is 12.6 Å². The summed E-state index contributed by atoms with van der Waals surface area (Å²) < 4.78 is 32.6. The summed E-state index contributed by atoms with van der Waals surface area (Å²) in [6, 6.07) is -1.55. The summed E-state index contributed by atoms with van der Waals surface area (Å²) in [6.07, 6.45) is 44.9. The van der Waals surface area contributed by atoms with Crippen molar-refractivity contribution in [3.05, 3.63) is 85.1 Å². The van der Waals surface area contributed by atoms with Crippen molar-refractivity contribution in [2.24, 2.45) is 5.73 Å². The van der Waals surface area contributed by atoms with E-state index in [1.165, 1.54) is 0 Å². The van der Waals surface area contributed by atoms with Gasteiger partial charge in [-0.3, -0.25) is 28.2 Å². The van der Waals surface area contributed by atoms with E-state index in [2.05, 4.69) is 79.1 Å². The highest BCUT2D eigenvalue weighted by Crippen LogP contribution is 2.43. The summed E-state index contributed by atoms with van der Waals surface area (Å²) in [6.45, 7) is 2.44. The van der Waals surface area contributed by atoms with E-state index < -0.39 is 57.7 Å². The second-order valence-electron chi connectivity index (χ2n) is 14.1. The number of phosphoric ester groups is 1. The van der Waals surface area contributed by atoms with Crippen LogP contribution in [0, 0.1) is 0 Å². The van der Waals surface area contributed by atoms with Crippen molar-refractivity contribution in [2.75, 3.05) is 19.8 Å². The highest BCUT2D eigenvalue weighted by Gasteiger charge is 2.28. The number of allylic oxidation sites excluding steroid dienone is 14. The van der Waals surface area contributed by atoms with Gasteiger partial charge in [0.25, 0.3) is 0 Å². The molecule has 0 aliphatic carbocycles. The zero-order chi connectivity index (χ0) is 43.7. The van der Waals surface area contributed by atoms with E-state index in [4.69, 9.17) is 24.8 Å². The van der Waals surface area contributed by atoms with E-state index >= 15 is 0 Å². The fraction of sp³-hybridized carbons (Fsp3) is 0.609. The summed E-state index contributed by atoms with van der Waals surface area (Å²) in [5, 5.41) is 8.89. The molecule has 0 aromatic heterocycles. The Balaban J connectivity index is 4.51. The average Bonchev–Trinajstić information content (AvgIpc) is 3.20. The summed E-state index contributed by atoms with van der Waals surface area (Å²) in [5.41, 5.74) is 5.32. The predicted octanol–water partition coefficient (Wildman–Crippen LogP) is 10.7. The summed E-state index contributed by atoms with van der Waals surface area (Å²) in [7, 11) is -4.75. The lowest BCUT2D eigenvalue weighted by atomic mass is 10.1. The first-order valence-corrected chi connectivity index (χ1v) is 23.1. The van der Waals surface area contributed by atoms with Crippen LogP contribution in [-0.4, -0.2) is 65.7 Å². The van der Waals surface area contributed by atoms with Crippen LogP contribution in [0.25, 0.3) is 0 Å². The standard InChI is InChI=1S/C46H74NO11P/c1-3-5-7-8-9-10-11-12-13-14-15-16-17-18-19-22-25-28-32-36-44(49)55-38-42(39-56-59(53,54)57-40-43(47)46(51)52)58-45(50)37-33-29-26-23-20-21-24-27-31-35-41(48)34-30-6-4-2/h5,7,9-10,12-13,15-16,18-19,24,27,31,35,42-43H,3-4,6,8,11,14,17,20-23,25-26,28-30,32-34,36-40,47H2,1-2H3,(H,51,52)(H,53,54)/b7-5-,10-9-,13-12-,16-15-,19-18-,27-24-,35-31+/t42-,43+/m1/s1. The van der Waals surface area contributed by atoms with Crippen LogP contribution in [0.2, 0.25) is 0 Å². The molecule has 12 nitrogen and oxygen atoms in total. The number of carboxylic acids is 1. The van der Waals surface area contributed by atoms with Crippen molar-refractivity contribution in [3.8, 4) is 0 Å². The van der Waals surface area contributed by atoms with Gasteiger partial charge in [-0.1, -0.05) is 131 Å². The third kappa shape index (κ3) is 39.6. The number of aliphatic carboxylic acids is 1. The van der Waals surface area contributed by atoms with Gasteiger partial charge in [0.15, 0.2) is 11.9 Å². The number of ether oxygens (including phenoxy) is 2. The van der Waals surface area contributed by atoms with Crippen LogP contribution in [0.3, 0.4) is 0 Å². The molecule has 0 radical (unpaired) electrons. The van der Waals surface area contributed by atoms with Crippen LogP contribution in [0.5, 0.6) is 0 Å². The van der Waals surface area contributed by atoms with Crippen molar-refractivity contribution in [3.63, 3.8) is 0 Å². The van der Waals surface area contributed by atoms with E-state index in [0.29, 0.717) is 19.3 Å². The molecule has 0 rings (SSSR count). The molecule has 0 aliphatic heterocycles. The van der Waals surface area contributed by atoms with Gasteiger partial charge >= 0.3 is 25.7 Å². The molecule has 59 heavy (non-hydrogen) atoms. The number of nitrogens with two attached hydrogens (primary N) is 1. The lowest BCUT2D eigenvalue weighted by Gasteiger charge is -2.20. The summed E-state index contributed by atoms with van der Waals surface area (Å²) >= 11 is 0. The first kappa shape index (κ1) is 55.3. The fourth-order valence-corrected chi connectivity index (χ4v) is 5.97. The van der Waals surface area contributed by atoms with E-state index in [0.717, 1.165) is 103 Å². The number of carbonyl (C=O) groups excluding carboxylic acids is 3. The maximum atomic E-state index is 12.6. The van der Waals surface area contributed by atoms with Crippen LogP contribution in [0.15, 0.2) is 85.1 Å². The molecule has 0 heterocycles. The van der Waals surface area contributed by atoms with Crippen molar-refractivity contribution in [1.29, 1.82) is 0 Å². The SMILES string of the molecule is CC/C=C\C/C=C\C/C=C\C/C=C\C/C=C\CCCCCC(=O)OC[C@H](COP(=O)(O)OC[C@H](N)C(=O)O)OC(=O)CCCCCCC/C=C\C=C\C(=O)CCCCC. The number of carboxylic acid groups (broad SMARTS) is 1. The number of hydrogen-bond acceptors (Lipinski definition) is 10. The summed E-state index contributed by atoms with van der Waals surface area (Å²) in [4.78, 5) is 57.7. The van der Waals surface area contributed by atoms with Crippen molar-refractivity contribution in [2.45, 2.75) is 161 Å². The minimum Gasteiger partial charge on any atom is -0.480 e. The number of carbonyl (C=O) groups is 4. The Hall–Kier alpha value is -3.67.